The number of hydrogen-bond acceptors (Lipinski definition) is 3. The normalized spacial score (nSPS) is 10.2. The maximum Gasteiger partial charge on any atom is 0.257 e. The molecule has 1 amide bonds. The molecule has 0 saturated carbocycles. The van der Waals surface area contributed by atoms with Crippen molar-refractivity contribution in [3.05, 3.63) is 59.3 Å². The zero-order chi connectivity index (χ0) is 13.7. The molecule has 0 fully saturated rings. The Morgan fingerprint density at radius 3 is 2.74 bits per heavy atom. The molecule has 0 bridgehead atoms. The van der Waals surface area contributed by atoms with Crippen LogP contribution in [0.25, 0.3) is 0 Å². The number of amides is 1. The van der Waals surface area contributed by atoms with Crippen LogP contribution in [0.1, 0.15) is 21.6 Å². The highest BCUT2D eigenvalue weighted by molar-refractivity contribution is 6.04. The van der Waals surface area contributed by atoms with E-state index >= 15 is 0 Å². The second-order valence-corrected chi connectivity index (χ2v) is 4.31. The first-order valence-corrected chi connectivity index (χ1v) is 6.23. The lowest BCUT2D eigenvalue weighted by Gasteiger charge is -2.09. The maximum atomic E-state index is 12.2. The van der Waals surface area contributed by atoms with E-state index in [1.165, 1.54) is 0 Å². The van der Waals surface area contributed by atoms with Gasteiger partial charge in [-0.1, -0.05) is 24.3 Å². The van der Waals surface area contributed by atoms with E-state index in [4.69, 9.17) is 5.73 Å². The van der Waals surface area contributed by atoms with Crippen molar-refractivity contribution in [2.24, 2.45) is 5.73 Å². The molecule has 1 heterocycles. The van der Waals surface area contributed by atoms with Gasteiger partial charge in [0.1, 0.15) is 5.82 Å². The highest BCUT2D eigenvalue weighted by atomic mass is 16.1. The third-order valence-corrected chi connectivity index (χ3v) is 2.81. The summed E-state index contributed by atoms with van der Waals surface area (Å²) in [5, 5.41) is 2.81. The molecular weight excluding hydrogens is 238 g/mol. The summed E-state index contributed by atoms with van der Waals surface area (Å²) >= 11 is 0. The van der Waals surface area contributed by atoms with E-state index in [9.17, 15) is 4.79 Å². The molecule has 0 saturated heterocycles. The highest BCUT2D eigenvalue weighted by Gasteiger charge is 2.10. The van der Waals surface area contributed by atoms with Crippen molar-refractivity contribution in [3.8, 4) is 0 Å². The van der Waals surface area contributed by atoms with Crippen molar-refractivity contribution in [3.63, 3.8) is 0 Å². The molecule has 98 valence electrons. The van der Waals surface area contributed by atoms with Gasteiger partial charge in [0, 0.05) is 11.3 Å². The van der Waals surface area contributed by atoms with Crippen LogP contribution in [0.4, 0.5) is 5.82 Å². The molecule has 3 N–H and O–H groups in total. The van der Waals surface area contributed by atoms with Crippen molar-refractivity contribution in [2.75, 3.05) is 11.9 Å². The van der Waals surface area contributed by atoms with E-state index in [-0.39, 0.29) is 5.91 Å². The SMILES string of the molecule is Cc1cccc(NC(=O)c2ccccc2CCN)n1. The van der Waals surface area contributed by atoms with E-state index in [1.807, 2.05) is 37.3 Å². The molecule has 2 aromatic rings. The van der Waals surface area contributed by atoms with Gasteiger partial charge in [-0.25, -0.2) is 4.98 Å². The van der Waals surface area contributed by atoms with Crippen LogP contribution >= 0.6 is 0 Å². The molecule has 2 rings (SSSR count). The van der Waals surface area contributed by atoms with Crippen LogP contribution in [0.5, 0.6) is 0 Å². The Bertz CT molecular complexity index is 581. The van der Waals surface area contributed by atoms with Crippen LogP contribution in [-0.2, 0) is 6.42 Å². The number of aryl methyl sites for hydroxylation is 1. The van der Waals surface area contributed by atoms with Crippen LogP contribution in [-0.4, -0.2) is 17.4 Å². The molecule has 0 radical (unpaired) electrons. The quantitative estimate of drug-likeness (QED) is 0.879. The van der Waals surface area contributed by atoms with Crippen molar-refractivity contribution in [2.45, 2.75) is 13.3 Å². The topological polar surface area (TPSA) is 68.0 Å². The number of pyridine rings is 1. The zero-order valence-corrected chi connectivity index (χ0v) is 10.9. The van der Waals surface area contributed by atoms with Crippen LogP contribution in [0.15, 0.2) is 42.5 Å². The third kappa shape index (κ3) is 3.39. The number of carbonyl (C=O) groups excluding carboxylic acids is 1. The van der Waals surface area contributed by atoms with Crippen LogP contribution in [0.2, 0.25) is 0 Å². The first kappa shape index (κ1) is 13.2. The van der Waals surface area contributed by atoms with E-state index < -0.39 is 0 Å². The Morgan fingerprint density at radius 1 is 1.21 bits per heavy atom. The summed E-state index contributed by atoms with van der Waals surface area (Å²) in [5.41, 5.74) is 8.03. The summed E-state index contributed by atoms with van der Waals surface area (Å²) in [4.78, 5) is 16.5. The lowest BCUT2D eigenvalue weighted by Crippen LogP contribution is -2.16. The molecule has 1 aromatic heterocycles. The summed E-state index contributed by atoms with van der Waals surface area (Å²) in [7, 11) is 0. The average molecular weight is 255 g/mol. The molecule has 0 aliphatic heterocycles. The second kappa shape index (κ2) is 6.11. The summed E-state index contributed by atoms with van der Waals surface area (Å²) in [6, 6.07) is 13.0. The summed E-state index contributed by atoms with van der Waals surface area (Å²) in [6.07, 6.45) is 0.685. The lowest BCUT2D eigenvalue weighted by molar-refractivity contribution is 0.102. The maximum absolute atomic E-state index is 12.2. The average Bonchev–Trinajstić information content (AvgIpc) is 2.39. The summed E-state index contributed by atoms with van der Waals surface area (Å²) in [5.74, 6) is 0.412. The van der Waals surface area contributed by atoms with Gasteiger partial charge >= 0.3 is 0 Å². The minimum atomic E-state index is -0.151. The van der Waals surface area contributed by atoms with Gasteiger partial charge in [0.2, 0.25) is 0 Å². The minimum absolute atomic E-state index is 0.151. The van der Waals surface area contributed by atoms with Gasteiger partial charge in [-0.3, -0.25) is 4.79 Å². The van der Waals surface area contributed by atoms with Gasteiger partial charge < -0.3 is 11.1 Å². The van der Waals surface area contributed by atoms with Crippen molar-refractivity contribution < 1.29 is 4.79 Å². The highest BCUT2D eigenvalue weighted by Crippen LogP contribution is 2.12. The number of hydrogen-bond donors (Lipinski definition) is 2. The molecule has 0 unspecified atom stereocenters. The van der Waals surface area contributed by atoms with E-state index in [1.54, 1.807) is 12.1 Å². The molecule has 1 aromatic carbocycles. The van der Waals surface area contributed by atoms with Crippen LogP contribution < -0.4 is 11.1 Å². The molecule has 4 heteroatoms. The first-order valence-electron chi connectivity index (χ1n) is 6.23. The number of nitrogens with zero attached hydrogens (tertiary/aromatic N) is 1. The monoisotopic (exact) mass is 255 g/mol. The van der Waals surface area contributed by atoms with Crippen LogP contribution in [0.3, 0.4) is 0 Å². The Morgan fingerprint density at radius 2 is 2.00 bits per heavy atom. The van der Waals surface area contributed by atoms with E-state index in [0.29, 0.717) is 24.3 Å². The first-order chi connectivity index (χ1) is 9.20. The fraction of sp³-hybridized carbons (Fsp3) is 0.200. The molecule has 0 spiro atoms. The van der Waals surface area contributed by atoms with Gasteiger partial charge in [-0.2, -0.15) is 0 Å². The summed E-state index contributed by atoms with van der Waals surface area (Å²) in [6.45, 7) is 2.41. The Balaban J connectivity index is 2.20. The Labute approximate surface area is 112 Å². The molecule has 0 aliphatic carbocycles. The Kier molecular flexibility index (Phi) is 4.26. The van der Waals surface area contributed by atoms with E-state index in [2.05, 4.69) is 10.3 Å². The Hall–Kier alpha value is -2.20. The van der Waals surface area contributed by atoms with Gasteiger partial charge in [-0.05, 0) is 43.7 Å². The molecule has 4 nitrogen and oxygen atoms in total. The molecule has 19 heavy (non-hydrogen) atoms. The van der Waals surface area contributed by atoms with Crippen molar-refractivity contribution >= 4 is 11.7 Å². The minimum Gasteiger partial charge on any atom is -0.330 e. The van der Waals surface area contributed by atoms with E-state index in [0.717, 1.165) is 11.3 Å². The van der Waals surface area contributed by atoms with Gasteiger partial charge in [0.05, 0.1) is 0 Å². The number of nitrogens with one attached hydrogen (secondary N) is 1. The number of anilines is 1. The fourth-order valence-electron chi connectivity index (χ4n) is 1.91. The summed E-state index contributed by atoms with van der Waals surface area (Å²) < 4.78 is 0. The lowest BCUT2D eigenvalue weighted by atomic mass is 10.0. The smallest absolute Gasteiger partial charge is 0.257 e. The molecule has 0 atom stereocenters. The van der Waals surface area contributed by atoms with Gasteiger partial charge in [0.25, 0.3) is 5.91 Å². The largest absolute Gasteiger partial charge is 0.330 e. The van der Waals surface area contributed by atoms with Crippen molar-refractivity contribution in [1.82, 2.24) is 4.98 Å². The third-order valence-electron chi connectivity index (χ3n) is 2.81. The predicted octanol–water partition coefficient (Wildman–Crippen LogP) is 2.14. The number of benzene rings is 1. The number of nitrogens with two attached hydrogens (primary N) is 1. The number of rotatable bonds is 4. The molecular formula is C15H17N3O. The van der Waals surface area contributed by atoms with Crippen LogP contribution in [0, 0.1) is 6.92 Å². The van der Waals surface area contributed by atoms with Gasteiger partial charge in [-0.15, -0.1) is 0 Å². The fourth-order valence-corrected chi connectivity index (χ4v) is 1.91. The standard InChI is InChI=1S/C15H17N3O/c1-11-5-4-8-14(17-11)18-15(19)13-7-3-2-6-12(13)9-10-16/h2-8H,9-10,16H2,1H3,(H,17,18,19). The number of carbonyl (C=O) groups is 1. The number of aromatic nitrogens is 1. The molecule has 0 aliphatic rings. The van der Waals surface area contributed by atoms with Gasteiger partial charge in [0.15, 0.2) is 0 Å². The second-order valence-electron chi connectivity index (χ2n) is 4.31. The van der Waals surface area contributed by atoms with Crippen molar-refractivity contribution in [1.29, 1.82) is 0 Å². The predicted molar refractivity (Wildman–Crippen MR) is 76.1 cm³/mol. The zero-order valence-electron chi connectivity index (χ0n) is 10.9.